The molecule has 1 saturated carbocycles. The zero-order valence-electron chi connectivity index (χ0n) is 13.1. The maximum Gasteiger partial charge on any atom is 0.329 e. The van der Waals surface area contributed by atoms with Gasteiger partial charge in [-0.15, -0.1) is 5.10 Å². The Bertz CT molecular complexity index is 745. The predicted molar refractivity (Wildman–Crippen MR) is 84.0 cm³/mol. The summed E-state index contributed by atoms with van der Waals surface area (Å²) in [5.41, 5.74) is 0.683. The number of carbonyl (C=O) groups excluding carboxylic acids is 1. The second-order valence-electron chi connectivity index (χ2n) is 6.17. The van der Waals surface area contributed by atoms with Crippen LogP contribution in [0.1, 0.15) is 48.9 Å². The zero-order valence-corrected chi connectivity index (χ0v) is 13.1. The molecule has 0 atom stereocenters. The molecule has 3 rings (SSSR count). The van der Waals surface area contributed by atoms with Gasteiger partial charge in [0, 0.05) is 12.6 Å². The lowest BCUT2D eigenvalue weighted by Gasteiger charge is -2.29. The van der Waals surface area contributed by atoms with Crippen LogP contribution in [-0.2, 0) is 11.8 Å². The molecule has 1 aliphatic carbocycles. The normalized spacial score (nSPS) is 17.6. The molecule has 1 aromatic carbocycles. The second-order valence-corrected chi connectivity index (χ2v) is 6.17. The Kier molecular flexibility index (Phi) is 4.02. The smallest absolute Gasteiger partial charge is 0.329 e. The van der Waals surface area contributed by atoms with Crippen LogP contribution in [0, 0.1) is 0 Å². The van der Waals surface area contributed by atoms with E-state index in [-0.39, 0.29) is 5.91 Å². The Morgan fingerprint density at radius 2 is 1.91 bits per heavy atom. The molecule has 0 spiro atoms. The molecule has 0 unspecified atom stereocenters. The number of hydrogen-bond acceptors (Lipinski definition) is 4. The van der Waals surface area contributed by atoms with E-state index in [1.807, 2.05) is 0 Å². The molecule has 1 heterocycles. The van der Waals surface area contributed by atoms with Crippen LogP contribution in [-0.4, -0.2) is 37.5 Å². The molecule has 1 aromatic heterocycles. The van der Waals surface area contributed by atoms with Crippen molar-refractivity contribution in [3.8, 4) is 0 Å². The highest BCUT2D eigenvalue weighted by atomic mass is 16.4. The van der Waals surface area contributed by atoms with E-state index in [2.05, 4.69) is 15.6 Å². The molecular weight excluding hydrogens is 296 g/mol. The Labute approximate surface area is 133 Å². The minimum atomic E-state index is -1.16. The molecule has 2 N–H and O–H groups in total. The van der Waals surface area contributed by atoms with E-state index in [0.717, 1.165) is 31.2 Å². The Morgan fingerprint density at radius 1 is 1.22 bits per heavy atom. The van der Waals surface area contributed by atoms with Crippen molar-refractivity contribution in [3.63, 3.8) is 0 Å². The lowest BCUT2D eigenvalue weighted by atomic mass is 9.90. The molecule has 1 aliphatic rings. The number of amides is 1. The van der Waals surface area contributed by atoms with Crippen molar-refractivity contribution >= 4 is 22.9 Å². The van der Waals surface area contributed by atoms with Crippen molar-refractivity contribution < 1.29 is 14.7 Å². The van der Waals surface area contributed by atoms with Gasteiger partial charge in [-0.1, -0.05) is 30.9 Å². The monoisotopic (exact) mass is 316 g/mol. The van der Waals surface area contributed by atoms with E-state index in [1.54, 1.807) is 29.9 Å². The van der Waals surface area contributed by atoms with E-state index in [9.17, 15) is 14.7 Å². The van der Waals surface area contributed by atoms with Crippen LogP contribution in [0.2, 0.25) is 0 Å². The van der Waals surface area contributed by atoms with Gasteiger partial charge in [0.2, 0.25) is 0 Å². The fraction of sp³-hybridized carbons (Fsp3) is 0.500. The van der Waals surface area contributed by atoms with Gasteiger partial charge in [-0.25, -0.2) is 9.48 Å². The van der Waals surface area contributed by atoms with Crippen LogP contribution >= 0.6 is 0 Å². The van der Waals surface area contributed by atoms with Gasteiger partial charge in [-0.05, 0) is 31.0 Å². The summed E-state index contributed by atoms with van der Waals surface area (Å²) in [6.45, 7) is 0. The highest BCUT2D eigenvalue weighted by Gasteiger charge is 2.40. The van der Waals surface area contributed by atoms with Gasteiger partial charge < -0.3 is 10.4 Å². The van der Waals surface area contributed by atoms with Crippen molar-refractivity contribution in [2.24, 2.45) is 7.05 Å². The number of benzene rings is 1. The van der Waals surface area contributed by atoms with Crippen LogP contribution < -0.4 is 5.32 Å². The van der Waals surface area contributed by atoms with Gasteiger partial charge >= 0.3 is 5.97 Å². The molecule has 1 fully saturated rings. The highest BCUT2D eigenvalue weighted by Crippen LogP contribution is 2.28. The molecule has 23 heavy (non-hydrogen) atoms. The minimum absolute atomic E-state index is 0.373. The first-order chi connectivity index (χ1) is 11.0. The summed E-state index contributed by atoms with van der Waals surface area (Å²) in [5.74, 6) is -1.32. The third kappa shape index (κ3) is 2.91. The summed E-state index contributed by atoms with van der Waals surface area (Å²) in [6, 6.07) is 5.09. The van der Waals surface area contributed by atoms with Crippen molar-refractivity contribution in [2.75, 3.05) is 0 Å². The van der Waals surface area contributed by atoms with Gasteiger partial charge in [0.1, 0.15) is 11.1 Å². The van der Waals surface area contributed by atoms with Crippen molar-refractivity contribution in [1.29, 1.82) is 0 Å². The Morgan fingerprint density at radius 3 is 2.57 bits per heavy atom. The van der Waals surface area contributed by atoms with Gasteiger partial charge in [0.15, 0.2) is 0 Å². The molecule has 7 heteroatoms. The Hall–Kier alpha value is -2.44. The van der Waals surface area contributed by atoms with Crippen molar-refractivity contribution in [3.05, 3.63) is 23.8 Å². The number of rotatable bonds is 3. The number of nitrogens with zero attached hydrogens (tertiary/aromatic N) is 3. The highest BCUT2D eigenvalue weighted by molar-refractivity contribution is 6.00. The topological polar surface area (TPSA) is 97.1 Å². The molecule has 0 saturated heterocycles. The number of aromatic nitrogens is 3. The number of fused-ring (bicyclic) bond motifs is 1. The first-order valence-electron chi connectivity index (χ1n) is 7.87. The zero-order chi connectivity index (χ0) is 16.4. The molecule has 0 aliphatic heterocycles. The molecule has 7 nitrogen and oxygen atoms in total. The van der Waals surface area contributed by atoms with Crippen LogP contribution in [0.25, 0.3) is 11.0 Å². The van der Waals surface area contributed by atoms with Crippen molar-refractivity contribution in [1.82, 2.24) is 20.3 Å². The maximum atomic E-state index is 12.6. The van der Waals surface area contributed by atoms with Gasteiger partial charge in [-0.2, -0.15) is 0 Å². The van der Waals surface area contributed by atoms with Crippen LogP contribution in [0.15, 0.2) is 18.2 Å². The second kappa shape index (κ2) is 5.98. The average molecular weight is 316 g/mol. The number of carboxylic acid groups (broad SMARTS) is 1. The van der Waals surface area contributed by atoms with E-state index in [4.69, 9.17) is 0 Å². The summed E-state index contributed by atoms with van der Waals surface area (Å²) in [5, 5.41) is 20.3. The van der Waals surface area contributed by atoms with Gasteiger partial charge in [0.05, 0.1) is 5.52 Å². The van der Waals surface area contributed by atoms with E-state index in [1.165, 1.54) is 0 Å². The van der Waals surface area contributed by atoms with E-state index >= 15 is 0 Å². The number of hydrogen-bond donors (Lipinski definition) is 2. The number of aliphatic carboxylic acids is 1. The molecule has 2 aromatic rings. The van der Waals surface area contributed by atoms with E-state index in [0.29, 0.717) is 23.9 Å². The SMILES string of the molecule is Cn1nnc2cc(C(=O)NC3(C(=O)O)CCCCCC3)ccc21. The van der Waals surface area contributed by atoms with Crippen LogP contribution in [0.3, 0.4) is 0 Å². The number of carbonyl (C=O) groups is 2. The summed E-state index contributed by atoms with van der Waals surface area (Å²) < 4.78 is 1.63. The third-order valence-electron chi connectivity index (χ3n) is 4.59. The van der Waals surface area contributed by atoms with Gasteiger partial charge in [0.25, 0.3) is 5.91 Å². The van der Waals surface area contributed by atoms with Crippen LogP contribution in [0.5, 0.6) is 0 Å². The first-order valence-corrected chi connectivity index (χ1v) is 7.87. The standard InChI is InChI=1S/C16H20N4O3/c1-20-13-7-6-11(10-12(13)18-19-20)14(21)17-16(15(22)23)8-4-2-3-5-9-16/h6-7,10H,2-5,8-9H2,1H3,(H,17,21)(H,22,23). The summed E-state index contributed by atoms with van der Waals surface area (Å²) in [6.07, 6.45) is 4.60. The average Bonchev–Trinajstić information content (AvgIpc) is 2.74. The summed E-state index contributed by atoms with van der Waals surface area (Å²) >= 11 is 0. The number of carboxylic acids is 1. The quantitative estimate of drug-likeness (QED) is 0.843. The van der Waals surface area contributed by atoms with E-state index < -0.39 is 11.5 Å². The maximum absolute atomic E-state index is 12.6. The summed E-state index contributed by atoms with van der Waals surface area (Å²) in [4.78, 5) is 24.3. The van der Waals surface area contributed by atoms with Crippen LogP contribution in [0.4, 0.5) is 0 Å². The molecular formula is C16H20N4O3. The van der Waals surface area contributed by atoms with Crippen molar-refractivity contribution in [2.45, 2.75) is 44.1 Å². The lowest BCUT2D eigenvalue weighted by molar-refractivity contribution is -0.145. The number of nitrogens with one attached hydrogen (secondary N) is 1. The largest absolute Gasteiger partial charge is 0.480 e. The number of aryl methyl sites for hydroxylation is 1. The predicted octanol–water partition coefficient (Wildman–Crippen LogP) is 1.88. The third-order valence-corrected chi connectivity index (χ3v) is 4.59. The van der Waals surface area contributed by atoms with Gasteiger partial charge in [-0.3, -0.25) is 4.79 Å². The molecule has 1 amide bonds. The first kappa shape index (κ1) is 15.5. The summed E-state index contributed by atoms with van der Waals surface area (Å²) in [7, 11) is 1.78. The molecule has 0 radical (unpaired) electrons. The lowest BCUT2D eigenvalue weighted by Crippen LogP contribution is -2.54. The molecule has 0 bridgehead atoms. The minimum Gasteiger partial charge on any atom is -0.480 e. The fourth-order valence-corrected chi connectivity index (χ4v) is 3.20. The fourth-order valence-electron chi connectivity index (χ4n) is 3.20. The Balaban J connectivity index is 1.86. The molecule has 122 valence electrons.